The Morgan fingerprint density at radius 3 is 2.62 bits per heavy atom. The van der Waals surface area contributed by atoms with E-state index in [9.17, 15) is 13.2 Å². The van der Waals surface area contributed by atoms with Crippen LogP contribution in [0.3, 0.4) is 0 Å². The molecule has 21 heavy (non-hydrogen) atoms. The van der Waals surface area contributed by atoms with E-state index in [1.807, 2.05) is 0 Å². The third-order valence-electron chi connectivity index (χ3n) is 3.78. The molecule has 2 N–H and O–H groups in total. The minimum absolute atomic E-state index is 0.213. The van der Waals surface area contributed by atoms with Gasteiger partial charge in [-0.25, -0.2) is 8.42 Å². The van der Waals surface area contributed by atoms with E-state index in [-0.39, 0.29) is 10.5 Å². The summed E-state index contributed by atoms with van der Waals surface area (Å²) in [4.78, 5) is 14.8. The number of H-pyrrole nitrogens is 1. The van der Waals surface area contributed by atoms with Crippen molar-refractivity contribution in [3.8, 4) is 0 Å². The van der Waals surface area contributed by atoms with Crippen LogP contribution >= 0.6 is 0 Å². The lowest BCUT2D eigenvalue weighted by Gasteiger charge is -2.27. The van der Waals surface area contributed by atoms with Gasteiger partial charge in [0.1, 0.15) is 0 Å². The lowest BCUT2D eigenvalue weighted by molar-refractivity contribution is 0.360. The summed E-state index contributed by atoms with van der Waals surface area (Å²) >= 11 is 0. The smallest absolute Gasteiger partial charge is 0.255 e. The first-order valence-electron chi connectivity index (χ1n) is 6.84. The third kappa shape index (κ3) is 2.37. The van der Waals surface area contributed by atoms with Crippen LogP contribution in [0.2, 0.25) is 0 Å². The number of aromatic amines is 1. The maximum absolute atomic E-state index is 12.9. The molecule has 1 aromatic heterocycles. The summed E-state index contributed by atoms with van der Waals surface area (Å²) in [5.41, 5.74) is 0.479. The Bertz CT molecular complexity index is 836. The van der Waals surface area contributed by atoms with Crippen molar-refractivity contribution in [2.24, 2.45) is 0 Å². The first-order valence-corrected chi connectivity index (χ1v) is 8.28. The second-order valence-corrected chi connectivity index (χ2v) is 7.04. The molecule has 3 rings (SSSR count). The fourth-order valence-electron chi connectivity index (χ4n) is 2.69. The van der Waals surface area contributed by atoms with Crippen LogP contribution in [0.1, 0.15) is 5.56 Å². The first-order chi connectivity index (χ1) is 10.0. The highest BCUT2D eigenvalue weighted by molar-refractivity contribution is 7.89. The first kappa shape index (κ1) is 14.2. The van der Waals surface area contributed by atoms with E-state index < -0.39 is 10.0 Å². The summed E-state index contributed by atoms with van der Waals surface area (Å²) < 4.78 is 27.2. The van der Waals surface area contributed by atoms with Crippen molar-refractivity contribution in [1.82, 2.24) is 14.6 Å². The van der Waals surface area contributed by atoms with E-state index in [0.717, 1.165) is 5.56 Å². The Morgan fingerprint density at radius 2 is 1.90 bits per heavy atom. The van der Waals surface area contributed by atoms with Gasteiger partial charge in [0.2, 0.25) is 10.0 Å². The molecular weight excluding hydrogens is 290 g/mol. The zero-order chi connectivity index (χ0) is 15.0. The number of rotatable bonds is 2. The Balaban J connectivity index is 2.25. The predicted molar refractivity (Wildman–Crippen MR) is 80.9 cm³/mol. The van der Waals surface area contributed by atoms with E-state index in [2.05, 4.69) is 10.3 Å². The molecule has 0 spiro atoms. The average molecular weight is 307 g/mol. The number of hydrogen-bond acceptors (Lipinski definition) is 4. The molecule has 0 amide bonds. The monoisotopic (exact) mass is 307 g/mol. The van der Waals surface area contributed by atoms with Crippen molar-refractivity contribution in [2.75, 3.05) is 26.2 Å². The second kappa shape index (κ2) is 5.25. The van der Waals surface area contributed by atoms with Crippen molar-refractivity contribution in [3.63, 3.8) is 0 Å². The van der Waals surface area contributed by atoms with Gasteiger partial charge in [-0.2, -0.15) is 4.31 Å². The van der Waals surface area contributed by atoms with E-state index in [0.29, 0.717) is 37.0 Å². The highest BCUT2D eigenvalue weighted by Crippen LogP contribution is 2.26. The van der Waals surface area contributed by atoms with Crippen molar-refractivity contribution in [2.45, 2.75) is 11.8 Å². The van der Waals surface area contributed by atoms with Crippen LogP contribution in [0.15, 0.2) is 34.1 Å². The van der Waals surface area contributed by atoms with Crippen LogP contribution in [-0.4, -0.2) is 43.9 Å². The van der Waals surface area contributed by atoms with Gasteiger partial charge in [0.25, 0.3) is 5.56 Å². The van der Waals surface area contributed by atoms with Crippen molar-refractivity contribution in [1.29, 1.82) is 0 Å². The van der Waals surface area contributed by atoms with Gasteiger partial charge in [0, 0.05) is 43.1 Å². The number of fused-ring (bicyclic) bond motifs is 1. The fourth-order valence-corrected chi connectivity index (χ4v) is 4.41. The molecule has 0 bridgehead atoms. The summed E-state index contributed by atoms with van der Waals surface area (Å²) in [6.45, 7) is 3.98. The van der Waals surface area contributed by atoms with E-state index in [4.69, 9.17) is 0 Å². The van der Waals surface area contributed by atoms with Gasteiger partial charge < -0.3 is 10.3 Å². The molecule has 0 radical (unpaired) electrons. The normalized spacial score (nSPS) is 17.2. The summed E-state index contributed by atoms with van der Waals surface area (Å²) in [5.74, 6) is 0. The Morgan fingerprint density at radius 1 is 1.19 bits per heavy atom. The molecule has 7 heteroatoms. The molecule has 112 valence electrons. The van der Waals surface area contributed by atoms with Crippen LogP contribution in [0.5, 0.6) is 0 Å². The number of pyridine rings is 1. The number of aryl methyl sites for hydroxylation is 1. The van der Waals surface area contributed by atoms with Gasteiger partial charge in [-0.3, -0.25) is 4.79 Å². The molecule has 1 aromatic carbocycles. The highest BCUT2D eigenvalue weighted by atomic mass is 32.2. The standard InChI is InChI=1S/C14H17N3O3S/c1-10-9-16-14(18)11-3-2-4-12(13(10)11)21(19,20)17-7-5-15-6-8-17/h2-4,9,15H,5-8H2,1H3,(H,16,18). The summed E-state index contributed by atoms with van der Waals surface area (Å²) in [7, 11) is -3.59. The number of nitrogens with zero attached hydrogens (tertiary/aromatic N) is 1. The predicted octanol–water partition coefficient (Wildman–Crippen LogP) is 0.430. The fraction of sp³-hybridized carbons (Fsp3) is 0.357. The Kier molecular flexibility index (Phi) is 3.56. The van der Waals surface area contributed by atoms with E-state index in [1.54, 1.807) is 31.3 Å². The van der Waals surface area contributed by atoms with Crippen LogP contribution in [0.4, 0.5) is 0 Å². The zero-order valence-electron chi connectivity index (χ0n) is 11.7. The van der Waals surface area contributed by atoms with Crippen LogP contribution < -0.4 is 10.9 Å². The second-order valence-electron chi connectivity index (χ2n) is 5.13. The van der Waals surface area contributed by atoms with Crippen molar-refractivity contribution in [3.05, 3.63) is 40.3 Å². The molecule has 2 aromatic rings. The molecule has 0 saturated carbocycles. The van der Waals surface area contributed by atoms with Crippen molar-refractivity contribution >= 4 is 20.8 Å². The van der Waals surface area contributed by atoms with E-state index in [1.165, 1.54) is 4.31 Å². The number of piperazine rings is 1. The molecule has 6 nitrogen and oxygen atoms in total. The topological polar surface area (TPSA) is 82.3 Å². The zero-order valence-corrected chi connectivity index (χ0v) is 12.5. The quantitative estimate of drug-likeness (QED) is 0.843. The number of benzene rings is 1. The van der Waals surface area contributed by atoms with E-state index >= 15 is 0 Å². The van der Waals surface area contributed by atoms with Crippen LogP contribution in [0.25, 0.3) is 10.8 Å². The number of aromatic nitrogens is 1. The van der Waals surface area contributed by atoms with Gasteiger partial charge in [0.15, 0.2) is 0 Å². The lowest BCUT2D eigenvalue weighted by Crippen LogP contribution is -2.46. The largest absolute Gasteiger partial charge is 0.328 e. The molecule has 1 fully saturated rings. The molecule has 0 unspecified atom stereocenters. The molecule has 2 heterocycles. The van der Waals surface area contributed by atoms with Gasteiger partial charge in [-0.1, -0.05) is 6.07 Å². The van der Waals surface area contributed by atoms with Gasteiger partial charge >= 0.3 is 0 Å². The lowest BCUT2D eigenvalue weighted by atomic mass is 10.1. The SMILES string of the molecule is Cc1c[nH]c(=O)c2cccc(S(=O)(=O)N3CCNCC3)c12. The minimum Gasteiger partial charge on any atom is -0.328 e. The maximum atomic E-state index is 12.9. The number of sulfonamides is 1. The Labute approximate surface area is 122 Å². The molecule has 0 atom stereocenters. The van der Waals surface area contributed by atoms with Crippen LogP contribution in [-0.2, 0) is 10.0 Å². The minimum atomic E-state index is -3.59. The molecule has 0 aliphatic carbocycles. The maximum Gasteiger partial charge on any atom is 0.255 e. The molecule has 1 saturated heterocycles. The summed E-state index contributed by atoms with van der Waals surface area (Å²) in [5, 5.41) is 4.06. The van der Waals surface area contributed by atoms with Gasteiger partial charge in [-0.15, -0.1) is 0 Å². The molecule has 1 aliphatic heterocycles. The average Bonchev–Trinajstić information content (AvgIpc) is 2.51. The summed E-state index contributed by atoms with van der Waals surface area (Å²) in [6, 6.07) is 4.84. The van der Waals surface area contributed by atoms with Gasteiger partial charge in [-0.05, 0) is 24.6 Å². The highest BCUT2D eigenvalue weighted by Gasteiger charge is 2.28. The molecule has 1 aliphatic rings. The van der Waals surface area contributed by atoms with Crippen LogP contribution in [0, 0.1) is 6.92 Å². The third-order valence-corrected chi connectivity index (χ3v) is 5.72. The van der Waals surface area contributed by atoms with Gasteiger partial charge in [0.05, 0.1) is 4.90 Å². The van der Waals surface area contributed by atoms with Crippen molar-refractivity contribution < 1.29 is 8.42 Å². The Hall–Kier alpha value is -1.70. The summed E-state index contributed by atoms with van der Waals surface area (Å²) in [6.07, 6.45) is 1.56. The number of nitrogens with one attached hydrogen (secondary N) is 2. The number of hydrogen-bond donors (Lipinski definition) is 2. The molecular formula is C14H17N3O3S.